The van der Waals surface area contributed by atoms with E-state index < -0.39 is 11.8 Å². The smallest absolute Gasteiger partial charge is 0.220 e. The maximum absolute atomic E-state index is 14.5. The maximum Gasteiger partial charge on any atom is 0.220 e. The molecule has 0 aliphatic carbocycles. The largest absolute Gasteiger partial charge is 0.495 e. The molecular weight excluding hydrogens is 278 g/mol. The van der Waals surface area contributed by atoms with Gasteiger partial charge in [0.15, 0.2) is 6.29 Å². The van der Waals surface area contributed by atoms with Crippen molar-refractivity contribution >= 4 is 6.29 Å². The molecule has 1 heterocycles. The lowest BCUT2D eigenvalue weighted by Crippen LogP contribution is -2.05. The van der Waals surface area contributed by atoms with Crippen LogP contribution in [0.1, 0.15) is 21.5 Å². The number of nitriles is 1. The first-order valence-electron chi connectivity index (χ1n) is 5.93. The number of nitrogens with zero attached hydrogens (tertiary/aromatic N) is 2. The number of ether oxygens (including phenoxy) is 1. The van der Waals surface area contributed by atoms with Crippen LogP contribution in [0.2, 0.25) is 0 Å². The molecule has 21 heavy (non-hydrogen) atoms. The molecule has 2 rings (SSSR count). The SMILES string of the molecule is COc1c(C#N)c(C)c(C=O)c(F)c1-c1cccnc1F. The van der Waals surface area contributed by atoms with Crippen LogP contribution in [0.25, 0.3) is 11.1 Å². The van der Waals surface area contributed by atoms with Gasteiger partial charge in [-0.15, -0.1) is 0 Å². The third-order valence-corrected chi connectivity index (χ3v) is 3.15. The second kappa shape index (κ2) is 5.67. The van der Waals surface area contributed by atoms with E-state index in [1.165, 1.54) is 32.4 Å². The van der Waals surface area contributed by atoms with Crippen molar-refractivity contribution in [3.05, 3.63) is 46.8 Å². The number of pyridine rings is 1. The van der Waals surface area contributed by atoms with Crippen LogP contribution in [0.3, 0.4) is 0 Å². The lowest BCUT2D eigenvalue weighted by molar-refractivity contribution is 0.111. The molecule has 0 amide bonds. The van der Waals surface area contributed by atoms with E-state index in [1.807, 2.05) is 6.07 Å². The van der Waals surface area contributed by atoms with Gasteiger partial charge in [0.1, 0.15) is 17.6 Å². The van der Waals surface area contributed by atoms with Gasteiger partial charge in [-0.05, 0) is 24.6 Å². The molecule has 0 radical (unpaired) electrons. The van der Waals surface area contributed by atoms with Crippen molar-refractivity contribution in [2.45, 2.75) is 6.92 Å². The standard InChI is InChI=1S/C15H10F2N2O2/c1-8-10(6-18)14(21-2)12(13(16)11(8)7-20)9-4-3-5-19-15(9)17/h3-5,7H,1-2H3. The molecule has 0 saturated carbocycles. The summed E-state index contributed by atoms with van der Waals surface area (Å²) in [5.41, 5.74) is -0.626. The van der Waals surface area contributed by atoms with Crippen LogP contribution in [0.4, 0.5) is 8.78 Å². The van der Waals surface area contributed by atoms with Crippen molar-refractivity contribution in [2.24, 2.45) is 0 Å². The maximum atomic E-state index is 14.5. The summed E-state index contributed by atoms with van der Waals surface area (Å²) >= 11 is 0. The zero-order valence-electron chi connectivity index (χ0n) is 11.3. The molecule has 0 N–H and O–H groups in total. The predicted octanol–water partition coefficient (Wildman–Crippen LogP) is 3.03. The first-order valence-corrected chi connectivity index (χ1v) is 5.93. The Morgan fingerprint density at radius 3 is 2.67 bits per heavy atom. The van der Waals surface area contributed by atoms with Crippen molar-refractivity contribution in [1.82, 2.24) is 4.98 Å². The molecule has 0 bridgehead atoms. The van der Waals surface area contributed by atoms with Gasteiger partial charge in [0.05, 0.1) is 23.8 Å². The Hall–Kier alpha value is -2.81. The number of carbonyl (C=O) groups is 1. The van der Waals surface area contributed by atoms with Gasteiger partial charge in [0.25, 0.3) is 0 Å². The van der Waals surface area contributed by atoms with Crippen molar-refractivity contribution in [1.29, 1.82) is 5.26 Å². The highest BCUT2D eigenvalue weighted by molar-refractivity contribution is 5.87. The number of rotatable bonds is 3. The molecular formula is C15H10F2N2O2. The number of hydrogen-bond donors (Lipinski definition) is 0. The Morgan fingerprint density at radius 1 is 1.43 bits per heavy atom. The predicted molar refractivity (Wildman–Crippen MR) is 71.0 cm³/mol. The molecule has 0 saturated heterocycles. The fourth-order valence-electron chi connectivity index (χ4n) is 2.12. The number of halogens is 2. The molecule has 1 aromatic carbocycles. The summed E-state index contributed by atoms with van der Waals surface area (Å²) in [7, 11) is 1.24. The summed E-state index contributed by atoms with van der Waals surface area (Å²) < 4.78 is 33.5. The summed E-state index contributed by atoms with van der Waals surface area (Å²) in [6, 6.07) is 4.57. The number of hydrogen-bond acceptors (Lipinski definition) is 4. The minimum Gasteiger partial charge on any atom is -0.495 e. The van der Waals surface area contributed by atoms with Crippen LogP contribution in [0.5, 0.6) is 5.75 Å². The van der Waals surface area contributed by atoms with Gasteiger partial charge in [-0.25, -0.2) is 9.37 Å². The molecule has 0 atom stereocenters. The van der Waals surface area contributed by atoms with Gasteiger partial charge >= 0.3 is 0 Å². The van der Waals surface area contributed by atoms with E-state index in [0.29, 0.717) is 6.29 Å². The summed E-state index contributed by atoms with van der Waals surface area (Å²) in [6.45, 7) is 1.43. The van der Waals surface area contributed by atoms with Gasteiger partial charge in [-0.3, -0.25) is 4.79 Å². The highest BCUT2D eigenvalue weighted by Crippen LogP contribution is 2.39. The Balaban J connectivity index is 2.98. The van der Waals surface area contributed by atoms with E-state index in [4.69, 9.17) is 4.74 Å². The first kappa shape index (κ1) is 14.6. The lowest BCUT2D eigenvalue weighted by Gasteiger charge is -2.15. The molecule has 6 heteroatoms. The zero-order chi connectivity index (χ0) is 15.6. The van der Waals surface area contributed by atoms with Gasteiger partial charge in [-0.1, -0.05) is 0 Å². The number of methoxy groups -OCH3 is 1. The molecule has 4 nitrogen and oxygen atoms in total. The molecule has 0 aliphatic rings. The van der Waals surface area contributed by atoms with Gasteiger partial charge in [0.2, 0.25) is 5.95 Å². The second-order valence-electron chi connectivity index (χ2n) is 4.21. The minimum absolute atomic E-state index is 0.0146. The monoisotopic (exact) mass is 288 g/mol. The number of aromatic nitrogens is 1. The van der Waals surface area contributed by atoms with Crippen LogP contribution in [0.15, 0.2) is 18.3 Å². The molecule has 0 aliphatic heterocycles. The third kappa shape index (κ3) is 2.23. The fraction of sp³-hybridized carbons (Fsp3) is 0.133. The van der Waals surface area contributed by atoms with Crippen LogP contribution in [-0.2, 0) is 0 Å². The number of aldehydes is 1. The third-order valence-electron chi connectivity index (χ3n) is 3.15. The Kier molecular flexibility index (Phi) is 3.94. The van der Waals surface area contributed by atoms with Gasteiger partial charge in [-0.2, -0.15) is 9.65 Å². The van der Waals surface area contributed by atoms with Gasteiger partial charge in [0, 0.05) is 11.8 Å². The molecule has 0 fully saturated rings. The topological polar surface area (TPSA) is 63.0 Å². The van der Waals surface area contributed by atoms with E-state index >= 15 is 0 Å². The van der Waals surface area contributed by atoms with Crippen molar-refractivity contribution < 1.29 is 18.3 Å². The number of benzene rings is 1. The Bertz CT molecular complexity index is 767. The van der Waals surface area contributed by atoms with E-state index in [-0.39, 0.29) is 33.6 Å². The van der Waals surface area contributed by atoms with Crippen LogP contribution in [-0.4, -0.2) is 18.4 Å². The van der Waals surface area contributed by atoms with Crippen molar-refractivity contribution in [3.63, 3.8) is 0 Å². The summed E-state index contributed by atoms with van der Waals surface area (Å²) in [5.74, 6) is -1.98. The van der Waals surface area contributed by atoms with Crippen molar-refractivity contribution in [3.8, 4) is 22.9 Å². The van der Waals surface area contributed by atoms with E-state index in [9.17, 15) is 18.8 Å². The van der Waals surface area contributed by atoms with Gasteiger partial charge < -0.3 is 4.74 Å². The van der Waals surface area contributed by atoms with E-state index in [0.717, 1.165) is 0 Å². The zero-order valence-corrected chi connectivity index (χ0v) is 11.3. The highest BCUT2D eigenvalue weighted by Gasteiger charge is 2.25. The van der Waals surface area contributed by atoms with Crippen LogP contribution >= 0.6 is 0 Å². The minimum atomic E-state index is -0.940. The van der Waals surface area contributed by atoms with Crippen LogP contribution < -0.4 is 4.74 Å². The Labute approximate surface area is 119 Å². The highest BCUT2D eigenvalue weighted by atomic mass is 19.1. The summed E-state index contributed by atoms with van der Waals surface area (Å²) in [5, 5.41) is 9.20. The second-order valence-corrected chi connectivity index (χ2v) is 4.21. The van der Waals surface area contributed by atoms with Crippen LogP contribution in [0, 0.1) is 30.0 Å². The first-order chi connectivity index (χ1) is 10.1. The summed E-state index contributed by atoms with van der Waals surface area (Å²) in [6.07, 6.45) is 1.51. The fourth-order valence-corrected chi connectivity index (χ4v) is 2.12. The summed E-state index contributed by atoms with van der Waals surface area (Å²) in [4.78, 5) is 14.5. The molecule has 1 aromatic heterocycles. The molecule has 2 aromatic rings. The average Bonchev–Trinajstić information content (AvgIpc) is 2.48. The lowest BCUT2D eigenvalue weighted by atomic mass is 9.94. The van der Waals surface area contributed by atoms with E-state index in [2.05, 4.69) is 4.98 Å². The number of carbonyl (C=O) groups excluding carboxylic acids is 1. The normalized spacial score (nSPS) is 10.0. The molecule has 106 valence electrons. The van der Waals surface area contributed by atoms with E-state index in [1.54, 1.807) is 0 Å². The Morgan fingerprint density at radius 2 is 2.14 bits per heavy atom. The van der Waals surface area contributed by atoms with Crippen molar-refractivity contribution in [2.75, 3.05) is 7.11 Å². The molecule has 0 spiro atoms. The quantitative estimate of drug-likeness (QED) is 0.643. The molecule has 0 unspecified atom stereocenters. The average molecular weight is 288 g/mol.